The highest BCUT2D eigenvalue weighted by atomic mass is 32.2. The molecule has 38 heavy (non-hydrogen) atoms. The van der Waals surface area contributed by atoms with Crippen molar-refractivity contribution in [3.63, 3.8) is 0 Å². The lowest BCUT2D eigenvalue weighted by Gasteiger charge is -2.37. The van der Waals surface area contributed by atoms with E-state index in [9.17, 15) is 18.0 Å². The van der Waals surface area contributed by atoms with Gasteiger partial charge in [-0.2, -0.15) is 0 Å². The molecule has 4 rings (SSSR count). The van der Waals surface area contributed by atoms with E-state index in [2.05, 4.69) is 20.8 Å². The zero-order valence-corrected chi connectivity index (χ0v) is 23.1. The van der Waals surface area contributed by atoms with Gasteiger partial charge in [-0.3, -0.25) is 4.79 Å². The van der Waals surface area contributed by atoms with Gasteiger partial charge in [-0.25, -0.2) is 13.2 Å². The zero-order chi connectivity index (χ0) is 27.4. The van der Waals surface area contributed by atoms with Gasteiger partial charge >= 0.3 is 11.9 Å². The first kappa shape index (κ1) is 28.0. The average molecular weight is 541 g/mol. The Morgan fingerprint density at radius 3 is 2.42 bits per heavy atom. The topological polar surface area (TPSA) is 96.0 Å². The maximum Gasteiger partial charge on any atom is 0.340 e. The van der Waals surface area contributed by atoms with Crippen molar-refractivity contribution in [1.29, 1.82) is 0 Å². The molecule has 8 heteroatoms. The number of benzene rings is 2. The van der Waals surface area contributed by atoms with Crippen LogP contribution in [0.2, 0.25) is 0 Å². The van der Waals surface area contributed by atoms with Crippen LogP contribution in [0.4, 0.5) is 0 Å². The van der Waals surface area contributed by atoms with Crippen LogP contribution >= 0.6 is 0 Å². The molecule has 2 aromatic rings. The number of sulfone groups is 1. The van der Waals surface area contributed by atoms with Crippen LogP contribution in [0, 0.1) is 17.8 Å². The first-order valence-corrected chi connectivity index (χ1v) is 14.8. The Kier molecular flexibility index (Phi) is 8.73. The summed E-state index contributed by atoms with van der Waals surface area (Å²) >= 11 is 0. The second-order valence-electron chi connectivity index (χ2n) is 10.7. The van der Waals surface area contributed by atoms with E-state index < -0.39 is 34.2 Å². The second kappa shape index (κ2) is 11.8. The number of rotatable bonds is 9. The number of hydrogen-bond donors (Lipinski definition) is 0. The number of ether oxygens (including phenoxy) is 3. The Balaban J connectivity index is 1.64. The van der Waals surface area contributed by atoms with Crippen molar-refractivity contribution in [2.24, 2.45) is 17.8 Å². The molecule has 0 aromatic heterocycles. The van der Waals surface area contributed by atoms with Crippen LogP contribution in [0.15, 0.2) is 71.1 Å². The van der Waals surface area contributed by atoms with Crippen molar-refractivity contribution in [2.75, 3.05) is 0 Å². The maximum absolute atomic E-state index is 13.1. The van der Waals surface area contributed by atoms with Gasteiger partial charge in [0.1, 0.15) is 0 Å². The summed E-state index contributed by atoms with van der Waals surface area (Å²) in [4.78, 5) is 25.3. The van der Waals surface area contributed by atoms with E-state index in [1.807, 2.05) is 0 Å². The third-order valence-corrected chi connectivity index (χ3v) is 9.08. The predicted octanol–water partition coefficient (Wildman–Crippen LogP) is 5.55. The molecule has 5 atom stereocenters. The van der Waals surface area contributed by atoms with Crippen LogP contribution in [0.25, 0.3) is 0 Å². The Morgan fingerprint density at radius 1 is 1.05 bits per heavy atom. The molecule has 0 N–H and O–H groups in total. The van der Waals surface area contributed by atoms with E-state index in [-0.39, 0.29) is 22.3 Å². The summed E-state index contributed by atoms with van der Waals surface area (Å²) in [6.45, 7) is 7.81. The van der Waals surface area contributed by atoms with Crippen LogP contribution in [0.3, 0.4) is 0 Å². The second-order valence-corrected chi connectivity index (χ2v) is 12.6. The molecule has 0 bridgehead atoms. The van der Waals surface area contributed by atoms with Crippen LogP contribution in [0.5, 0.6) is 0 Å². The van der Waals surface area contributed by atoms with Crippen LogP contribution in [-0.4, -0.2) is 32.8 Å². The van der Waals surface area contributed by atoms with E-state index in [1.54, 1.807) is 48.5 Å². The summed E-state index contributed by atoms with van der Waals surface area (Å²) in [5.41, 5.74) is 0.971. The van der Waals surface area contributed by atoms with Crippen LogP contribution in [-0.2, 0) is 39.4 Å². The SMILES string of the molecule is CC(=O)O[C@H](C1=C[C@H](O[C@@H]2C[C@H](C)CC[C@H]2C(C)C)OC1=O)c1ccccc1CS(=O)(=O)c1ccccc1. The minimum Gasteiger partial charge on any atom is -0.452 e. The van der Waals surface area contributed by atoms with E-state index >= 15 is 0 Å². The smallest absolute Gasteiger partial charge is 0.340 e. The lowest BCUT2D eigenvalue weighted by atomic mass is 9.75. The van der Waals surface area contributed by atoms with Crippen molar-refractivity contribution in [2.45, 2.75) is 76.1 Å². The van der Waals surface area contributed by atoms with E-state index in [1.165, 1.54) is 19.1 Å². The standard InChI is InChI=1S/C30H36O7S/c1-19(2)24-15-14-20(3)16-27(24)36-28-17-26(30(32)37-28)29(35-21(4)31)25-13-9-8-10-22(25)18-38(33,34)23-11-6-5-7-12-23/h5-13,17,19-20,24,27-29H,14-16,18H2,1-4H3/t20-,24+,27-,28-,29+/m1/s1. The van der Waals surface area contributed by atoms with Crippen molar-refractivity contribution >= 4 is 21.8 Å². The summed E-state index contributed by atoms with van der Waals surface area (Å²) < 4.78 is 43.8. The molecule has 0 unspecified atom stereocenters. The van der Waals surface area contributed by atoms with Gasteiger partial charge in [0, 0.05) is 12.5 Å². The van der Waals surface area contributed by atoms with Crippen molar-refractivity contribution in [1.82, 2.24) is 0 Å². The van der Waals surface area contributed by atoms with Crippen molar-refractivity contribution < 1.29 is 32.2 Å². The zero-order valence-electron chi connectivity index (χ0n) is 22.3. The van der Waals surface area contributed by atoms with Crippen LogP contribution < -0.4 is 0 Å². The predicted molar refractivity (Wildman–Crippen MR) is 142 cm³/mol. The van der Waals surface area contributed by atoms with E-state index in [0.717, 1.165) is 19.3 Å². The minimum atomic E-state index is -3.69. The average Bonchev–Trinajstić information content (AvgIpc) is 3.22. The maximum atomic E-state index is 13.1. The molecular weight excluding hydrogens is 504 g/mol. The molecule has 204 valence electrons. The molecule has 1 aliphatic carbocycles. The fourth-order valence-electron chi connectivity index (χ4n) is 5.42. The summed E-state index contributed by atoms with van der Waals surface area (Å²) in [5.74, 6) is -0.260. The lowest BCUT2D eigenvalue weighted by molar-refractivity contribution is -0.179. The first-order valence-electron chi connectivity index (χ1n) is 13.2. The van der Waals surface area contributed by atoms with Gasteiger partial charge in [-0.05, 0) is 54.4 Å². The van der Waals surface area contributed by atoms with Gasteiger partial charge in [0.2, 0.25) is 6.29 Å². The largest absolute Gasteiger partial charge is 0.452 e. The lowest BCUT2D eigenvalue weighted by Crippen LogP contribution is -2.36. The quantitative estimate of drug-likeness (QED) is 0.385. The molecule has 0 radical (unpaired) electrons. The third-order valence-electron chi connectivity index (χ3n) is 7.40. The van der Waals surface area contributed by atoms with Crippen molar-refractivity contribution in [3.05, 3.63) is 77.4 Å². The van der Waals surface area contributed by atoms with Gasteiger partial charge in [-0.15, -0.1) is 0 Å². The van der Waals surface area contributed by atoms with Gasteiger partial charge < -0.3 is 14.2 Å². The van der Waals surface area contributed by atoms with Gasteiger partial charge in [0.15, 0.2) is 15.9 Å². The summed E-state index contributed by atoms with van der Waals surface area (Å²) in [5, 5.41) is 0. The molecule has 1 aliphatic heterocycles. The molecule has 0 spiro atoms. The Bertz CT molecular complexity index is 1280. The minimum absolute atomic E-state index is 0.0531. The highest BCUT2D eigenvalue weighted by Crippen LogP contribution is 2.39. The summed E-state index contributed by atoms with van der Waals surface area (Å²) in [6, 6.07) is 14.9. The molecule has 0 saturated heterocycles. The fourth-order valence-corrected chi connectivity index (χ4v) is 6.84. The van der Waals surface area contributed by atoms with E-state index in [4.69, 9.17) is 14.2 Å². The Labute approximate surface area is 225 Å². The number of esters is 2. The Morgan fingerprint density at radius 2 is 1.74 bits per heavy atom. The van der Waals surface area contributed by atoms with E-state index in [0.29, 0.717) is 28.9 Å². The van der Waals surface area contributed by atoms with Crippen molar-refractivity contribution in [3.8, 4) is 0 Å². The normalized spacial score (nSPS) is 24.6. The molecule has 1 fully saturated rings. The molecule has 0 amide bonds. The Hall–Kier alpha value is -2.97. The summed E-state index contributed by atoms with van der Waals surface area (Å²) in [7, 11) is -3.69. The highest BCUT2D eigenvalue weighted by Gasteiger charge is 2.39. The number of cyclic esters (lactones) is 1. The summed E-state index contributed by atoms with van der Waals surface area (Å²) in [6.07, 6.45) is 2.57. The van der Waals surface area contributed by atoms with Gasteiger partial charge in [-0.1, -0.05) is 69.7 Å². The molecule has 2 aromatic carbocycles. The molecule has 7 nitrogen and oxygen atoms in total. The first-order chi connectivity index (χ1) is 18.0. The monoisotopic (exact) mass is 540 g/mol. The third kappa shape index (κ3) is 6.53. The molecule has 2 aliphatic rings. The number of carbonyl (C=O) groups is 2. The molecular formula is C30H36O7S. The van der Waals surface area contributed by atoms with Crippen LogP contribution in [0.1, 0.15) is 64.2 Å². The molecule has 1 saturated carbocycles. The van der Waals surface area contributed by atoms with Gasteiger partial charge in [0.05, 0.1) is 22.3 Å². The van der Waals surface area contributed by atoms with Gasteiger partial charge in [0.25, 0.3) is 0 Å². The number of hydrogen-bond acceptors (Lipinski definition) is 7. The highest BCUT2D eigenvalue weighted by molar-refractivity contribution is 7.90. The number of carbonyl (C=O) groups excluding carboxylic acids is 2. The fraction of sp³-hybridized carbons (Fsp3) is 0.467. The molecule has 1 heterocycles.